The van der Waals surface area contributed by atoms with Crippen LogP contribution in [0.4, 0.5) is 11.5 Å². The van der Waals surface area contributed by atoms with Crippen LogP contribution in [-0.4, -0.2) is 46.7 Å². The molecule has 6 rings (SSSR count). The number of anilines is 2. The summed E-state index contributed by atoms with van der Waals surface area (Å²) in [5, 5.41) is 9.82. The molecule has 188 valence electrons. The largest absolute Gasteiger partial charge is 0.360 e. The average molecular weight is 491 g/mol. The fraction of sp³-hybridized carbons (Fsp3) is 0.481. The summed E-state index contributed by atoms with van der Waals surface area (Å²) in [7, 11) is 0. The number of hydrogen-bond donors (Lipinski definition) is 2. The Bertz CT molecular complexity index is 1250. The van der Waals surface area contributed by atoms with E-state index in [0.717, 1.165) is 31.2 Å². The predicted octanol–water partition coefficient (Wildman–Crippen LogP) is 3.03. The Hall–Kier alpha value is -3.46. The minimum Gasteiger partial charge on any atom is -0.360 e. The molecule has 9 heteroatoms. The molecule has 1 saturated carbocycles. The third kappa shape index (κ3) is 3.48. The smallest absolute Gasteiger partial charge is 0.246 e. The zero-order valence-electron chi connectivity index (χ0n) is 20.4. The SMILES string of the molecule is Cc1cc(NC(=O)[C@@H]2[C@H]3C=C[C@]4(O3)[C@H](C(=O)NC3CCCCC3)N(c3ccccc3C)C(=O)[C@@H]24)no1. The first-order valence-corrected chi connectivity index (χ1v) is 12.7. The van der Waals surface area contributed by atoms with Crippen molar-refractivity contribution in [2.45, 2.75) is 69.7 Å². The van der Waals surface area contributed by atoms with Gasteiger partial charge in [0.15, 0.2) is 5.82 Å². The zero-order valence-corrected chi connectivity index (χ0v) is 20.4. The van der Waals surface area contributed by atoms with E-state index in [4.69, 9.17) is 9.26 Å². The van der Waals surface area contributed by atoms with Gasteiger partial charge in [0.25, 0.3) is 0 Å². The number of hydrogen-bond acceptors (Lipinski definition) is 6. The second-order valence-electron chi connectivity index (χ2n) is 10.4. The Balaban J connectivity index is 1.38. The van der Waals surface area contributed by atoms with E-state index in [1.807, 2.05) is 43.3 Å². The highest BCUT2D eigenvalue weighted by molar-refractivity contribution is 6.11. The van der Waals surface area contributed by atoms with Crippen LogP contribution in [-0.2, 0) is 19.1 Å². The molecule has 1 aromatic carbocycles. The molecule has 2 aromatic rings. The molecule has 0 unspecified atom stereocenters. The van der Waals surface area contributed by atoms with Crippen molar-refractivity contribution in [2.24, 2.45) is 11.8 Å². The summed E-state index contributed by atoms with van der Waals surface area (Å²) >= 11 is 0. The van der Waals surface area contributed by atoms with Crippen LogP contribution < -0.4 is 15.5 Å². The fourth-order valence-electron chi connectivity index (χ4n) is 6.43. The number of nitrogens with one attached hydrogen (secondary N) is 2. The maximum absolute atomic E-state index is 14.1. The van der Waals surface area contributed by atoms with Crippen LogP contribution in [0.5, 0.6) is 0 Å². The zero-order chi connectivity index (χ0) is 25.0. The summed E-state index contributed by atoms with van der Waals surface area (Å²) in [6, 6.07) is 8.29. The number of fused-ring (bicyclic) bond motifs is 1. The van der Waals surface area contributed by atoms with E-state index in [9.17, 15) is 14.4 Å². The number of rotatable bonds is 5. The van der Waals surface area contributed by atoms with Gasteiger partial charge in [-0.25, -0.2) is 0 Å². The van der Waals surface area contributed by atoms with Gasteiger partial charge >= 0.3 is 0 Å². The van der Waals surface area contributed by atoms with E-state index in [1.54, 1.807) is 17.9 Å². The van der Waals surface area contributed by atoms with Gasteiger partial charge in [-0.2, -0.15) is 0 Å². The third-order valence-electron chi connectivity index (χ3n) is 8.03. The minimum atomic E-state index is -1.22. The Labute approximate surface area is 209 Å². The van der Waals surface area contributed by atoms with Crippen molar-refractivity contribution in [2.75, 3.05) is 10.2 Å². The Morgan fingerprint density at radius 1 is 1.11 bits per heavy atom. The number of carbonyl (C=O) groups excluding carboxylic acids is 3. The first-order valence-electron chi connectivity index (χ1n) is 12.7. The van der Waals surface area contributed by atoms with Crippen molar-refractivity contribution < 1.29 is 23.6 Å². The number of amides is 3. The van der Waals surface area contributed by atoms with E-state index < -0.39 is 29.6 Å². The lowest BCUT2D eigenvalue weighted by atomic mass is 9.74. The van der Waals surface area contributed by atoms with E-state index in [0.29, 0.717) is 11.4 Å². The summed E-state index contributed by atoms with van der Waals surface area (Å²) in [6.07, 6.45) is 8.21. The van der Waals surface area contributed by atoms with Crippen LogP contribution in [0.3, 0.4) is 0 Å². The average Bonchev–Trinajstić information content (AvgIpc) is 3.61. The highest BCUT2D eigenvalue weighted by Gasteiger charge is 2.73. The van der Waals surface area contributed by atoms with Gasteiger partial charge < -0.3 is 19.9 Å². The van der Waals surface area contributed by atoms with Crippen molar-refractivity contribution in [1.82, 2.24) is 10.5 Å². The lowest BCUT2D eigenvalue weighted by Crippen LogP contribution is -2.56. The van der Waals surface area contributed by atoms with Gasteiger partial charge in [0, 0.05) is 17.8 Å². The number of nitrogens with zero attached hydrogens (tertiary/aromatic N) is 2. The molecule has 2 saturated heterocycles. The number of ether oxygens (including phenoxy) is 1. The van der Waals surface area contributed by atoms with Gasteiger partial charge in [0.1, 0.15) is 17.4 Å². The molecule has 0 radical (unpaired) electrons. The summed E-state index contributed by atoms with van der Waals surface area (Å²) in [5.74, 6) is -1.67. The van der Waals surface area contributed by atoms with Crippen molar-refractivity contribution in [1.29, 1.82) is 0 Å². The fourth-order valence-corrected chi connectivity index (χ4v) is 6.43. The van der Waals surface area contributed by atoms with Gasteiger partial charge in [-0.05, 0) is 38.3 Å². The van der Waals surface area contributed by atoms with Crippen LogP contribution in [0.1, 0.15) is 43.4 Å². The maximum Gasteiger partial charge on any atom is 0.246 e. The molecular formula is C27H30N4O5. The molecule has 3 aliphatic heterocycles. The predicted molar refractivity (Wildman–Crippen MR) is 131 cm³/mol. The molecule has 4 heterocycles. The van der Waals surface area contributed by atoms with Crippen LogP contribution in [0.15, 0.2) is 47.0 Å². The molecule has 36 heavy (non-hydrogen) atoms. The third-order valence-corrected chi connectivity index (χ3v) is 8.03. The van der Waals surface area contributed by atoms with Gasteiger partial charge in [0.05, 0.1) is 17.9 Å². The number of aromatic nitrogens is 1. The van der Waals surface area contributed by atoms with Gasteiger partial charge in [0.2, 0.25) is 17.7 Å². The second kappa shape index (κ2) is 8.58. The molecule has 1 aromatic heterocycles. The molecule has 5 atom stereocenters. The number of benzene rings is 1. The molecule has 2 bridgehead atoms. The second-order valence-corrected chi connectivity index (χ2v) is 10.4. The molecule has 4 aliphatic rings. The van der Waals surface area contributed by atoms with Crippen molar-refractivity contribution in [3.8, 4) is 0 Å². The molecule has 9 nitrogen and oxygen atoms in total. The molecule has 2 N–H and O–H groups in total. The maximum atomic E-state index is 14.1. The molecule has 3 fully saturated rings. The van der Waals surface area contributed by atoms with Crippen LogP contribution in [0.2, 0.25) is 0 Å². The van der Waals surface area contributed by atoms with Crippen molar-refractivity contribution in [3.63, 3.8) is 0 Å². The topological polar surface area (TPSA) is 114 Å². The van der Waals surface area contributed by atoms with E-state index in [1.165, 1.54) is 6.42 Å². The summed E-state index contributed by atoms with van der Waals surface area (Å²) in [6.45, 7) is 3.65. The summed E-state index contributed by atoms with van der Waals surface area (Å²) < 4.78 is 11.5. The lowest BCUT2D eigenvalue weighted by Gasteiger charge is -2.34. The van der Waals surface area contributed by atoms with Gasteiger partial charge in [-0.1, -0.05) is 54.8 Å². The summed E-state index contributed by atoms with van der Waals surface area (Å²) in [4.78, 5) is 43.0. The van der Waals surface area contributed by atoms with E-state index in [-0.39, 0.29) is 29.6 Å². The van der Waals surface area contributed by atoms with E-state index >= 15 is 0 Å². The lowest BCUT2D eigenvalue weighted by molar-refractivity contribution is -0.129. The molecule has 1 spiro atoms. The Morgan fingerprint density at radius 2 is 1.89 bits per heavy atom. The standard InChI is InChI=1S/C27H30N4O5/c1-15-8-6-7-11-18(15)31-23(25(33)28-17-9-4-3-5-10-17)27-13-12-19(35-27)21(22(27)26(31)34)24(32)29-20-14-16(2)36-30-20/h6-8,11-14,17,19,21-23H,3-5,9-10H2,1-2H3,(H,28,33)(H,29,30,32)/t19-,21-,22-,23+,27-/m1/s1. The van der Waals surface area contributed by atoms with Crippen LogP contribution in [0, 0.1) is 25.7 Å². The molecule has 3 amide bonds. The van der Waals surface area contributed by atoms with E-state index in [2.05, 4.69) is 15.8 Å². The summed E-state index contributed by atoms with van der Waals surface area (Å²) in [5.41, 5.74) is 0.307. The van der Waals surface area contributed by atoms with Gasteiger partial charge in [-0.15, -0.1) is 0 Å². The van der Waals surface area contributed by atoms with Crippen LogP contribution >= 0.6 is 0 Å². The van der Waals surface area contributed by atoms with Crippen LogP contribution in [0.25, 0.3) is 0 Å². The Morgan fingerprint density at radius 3 is 2.61 bits per heavy atom. The molecular weight excluding hydrogens is 460 g/mol. The van der Waals surface area contributed by atoms with Crippen molar-refractivity contribution >= 4 is 29.2 Å². The monoisotopic (exact) mass is 490 g/mol. The quantitative estimate of drug-likeness (QED) is 0.623. The van der Waals surface area contributed by atoms with Crippen molar-refractivity contribution in [3.05, 3.63) is 53.8 Å². The number of para-hydroxylation sites is 1. The minimum absolute atomic E-state index is 0.0765. The normalized spacial score (nSPS) is 31.1. The Kier molecular flexibility index (Phi) is 5.48. The number of aryl methyl sites for hydroxylation is 2. The van der Waals surface area contributed by atoms with Gasteiger partial charge in [-0.3, -0.25) is 19.3 Å². The first kappa shape index (κ1) is 23.0. The number of carbonyl (C=O) groups is 3. The highest BCUT2D eigenvalue weighted by atomic mass is 16.5. The molecule has 1 aliphatic carbocycles. The highest BCUT2D eigenvalue weighted by Crippen LogP contribution is 2.56. The first-order chi connectivity index (χ1) is 17.4.